The third-order valence-electron chi connectivity index (χ3n) is 7.27. The fourth-order valence-corrected chi connectivity index (χ4v) is 5.59. The number of hydrogen-bond acceptors (Lipinski definition) is 6. The van der Waals surface area contributed by atoms with Crippen LogP contribution in [0.3, 0.4) is 0 Å². The van der Waals surface area contributed by atoms with Crippen molar-refractivity contribution in [2.75, 3.05) is 37.7 Å². The maximum Gasteiger partial charge on any atom is 0.406 e. The van der Waals surface area contributed by atoms with Gasteiger partial charge in [-0.1, -0.05) is 18.2 Å². The van der Waals surface area contributed by atoms with Crippen molar-refractivity contribution in [3.05, 3.63) is 52.9 Å². The quantitative estimate of drug-likeness (QED) is 0.423. The molecule has 1 N–H and O–H groups in total. The monoisotopic (exact) mass is 526 g/mol. The second-order valence-corrected chi connectivity index (χ2v) is 9.83. The number of pyridine rings is 2. The molecule has 2 fully saturated rings. The van der Waals surface area contributed by atoms with E-state index in [-0.39, 0.29) is 10.9 Å². The molecular weight excluding hydrogens is 497 g/mol. The molecule has 2 aliphatic rings. The molecule has 200 valence electrons. The molecule has 5 heterocycles. The van der Waals surface area contributed by atoms with Crippen molar-refractivity contribution < 1.29 is 17.9 Å². The van der Waals surface area contributed by atoms with Crippen LogP contribution in [0.25, 0.3) is 33.1 Å². The van der Waals surface area contributed by atoms with Crippen LogP contribution in [0, 0.1) is 0 Å². The average molecular weight is 527 g/mol. The molecule has 1 aromatic carbocycles. The maximum absolute atomic E-state index is 14.0. The normalized spacial score (nSPS) is 19.2. The Morgan fingerprint density at radius 1 is 1.05 bits per heavy atom. The van der Waals surface area contributed by atoms with Crippen molar-refractivity contribution in [1.29, 1.82) is 0 Å². The van der Waals surface area contributed by atoms with Gasteiger partial charge in [0.2, 0.25) is 0 Å². The van der Waals surface area contributed by atoms with Crippen molar-refractivity contribution in [2.24, 2.45) is 0 Å². The number of benzene rings is 1. The highest BCUT2D eigenvalue weighted by atomic mass is 19.4. The molecule has 8 nitrogen and oxygen atoms in total. The summed E-state index contributed by atoms with van der Waals surface area (Å²) in [6.45, 7) is 2.33. The number of aromatic nitrogens is 4. The molecule has 38 heavy (non-hydrogen) atoms. The fourth-order valence-electron chi connectivity index (χ4n) is 5.59. The van der Waals surface area contributed by atoms with Crippen molar-refractivity contribution in [1.82, 2.24) is 24.6 Å². The van der Waals surface area contributed by atoms with E-state index in [0.29, 0.717) is 41.0 Å². The number of fused-ring (bicyclic) bond motifs is 3. The van der Waals surface area contributed by atoms with Crippen molar-refractivity contribution >= 4 is 27.6 Å². The zero-order valence-electron chi connectivity index (χ0n) is 20.9. The number of halogens is 3. The number of ether oxygens (including phenoxy) is 1. The van der Waals surface area contributed by atoms with E-state index in [4.69, 9.17) is 9.84 Å². The van der Waals surface area contributed by atoms with Gasteiger partial charge in [-0.25, -0.2) is 9.67 Å². The third kappa shape index (κ3) is 4.54. The summed E-state index contributed by atoms with van der Waals surface area (Å²) in [4.78, 5) is 20.8. The molecule has 0 aliphatic carbocycles. The number of para-hydroxylation sites is 1. The molecule has 0 amide bonds. The molecule has 0 radical (unpaired) electrons. The van der Waals surface area contributed by atoms with Gasteiger partial charge in [-0.2, -0.15) is 18.3 Å². The fraction of sp³-hybridized carbons (Fsp3) is 0.444. The Morgan fingerprint density at radius 2 is 1.92 bits per heavy atom. The van der Waals surface area contributed by atoms with Gasteiger partial charge >= 0.3 is 6.18 Å². The summed E-state index contributed by atoms with van der Waals surface area (Å²) in [7, 11) is 0. The molecular formula is C27H29F3N6O2. The Kier molecular flexibility index (Phi) is 6.56. The Labute approximate surface area is 217 Å². The van der Waals surface area contributed by atoms with E-state index in [9.17, 15) is 18.0 Å². The standard InChI is InChI=1S/C27H29F3N6O2/c28-27(29,30)17-35-20-9-2-1-7-18(20)24-22(26(35)37)23(33-36(24)21-10-3-4-16-38-21)19-8-5-12-32-25(19)34-14-6-11-31-13-15-34/h1-2,5,7-9,12,21,31H,3-4,6,10-11,13-17H2. The maximum atomic E-state index is 14.0. The van der Waals surface area contributed by atoms with Crippen LogP contribution < -0.4 is 15.8 Å². The predicted octanol–water partition coefficient (Wildman–Crippen LogP) is 4.47. The second kappa shape index (κ2) is 10.0. The average Bonchev–Trinajstić information content (AvgIpc) is 3.12. The topological polar surface area (TPSA) is 77.2 Å². The van der Waals surface area contributed by atoms with Gasteiger partial charge in [-0.3, -0.25) is 9.36 Å². The molecule has 0 spiro atoms. The lowest BCUT2D eigenvalue weighted by molar-refractivity contribution is -0.140. The van der Waals surface area contributed by atoms with Gasteiger partial charge in [0.25, 0.3) is 5.56 Å². The second-order valence-electron chi connectivity index (χ2n) is 9.83. The lowest BCUT2D eigenvalue weighted by atomic mass is 10.1. The summed E-state index contributed by atoms with van der Waals surface area (Å²) in [6, 6.07) is 10.3. The van der Waals surface area contributed by atoms with Gasteiger partial charge in [-0.15, -0.1) is 0 Å². The number of nitrogens with zero attached hydrogens (tertiary/aromatic N) is 5. The van der Waals surface area contributed by atoms with E-state index < -0.39 is 24.5 Å². The predicted molar refractivity (Wildman–Crippen MR) is 139 cm³/mol. The van der Waals surface area contributed by atoms with E-state index in [1.165, 1.54) is 0 Å². The van der Waals surface area contributed by atoms with Crippen molar-refractivity contribution in [3.8, 4) is 11.3 Å². The minimum atomic E-state index is -4.57. The summed E-state index contributed by atoms with van der Waals surface area (Å²) in [5, 5.41) is 8.99. The minimum absolute atomic E-state index is 0.157. The summed E-state index contributed by atoms with van der Waals surface area (Å²) < 4.78 is 49.7. The van der Waals surface area contributed by atoms with E-state index in [1.807, 2.05) is 6.07 Å². The molecule has 11 heteroatoms. The largest absolute Gasteiger partial charge is 0.406 e. The first-order chi connectivity index (χ1) is 18.4. The van der Waals surface area contributed by atoms with Gasteiger partial charge in [-0.05, 0) is 50.4 Å². The molecule has 4 aromatic rings. The molecule has 1 atom stereocenters. The van der Waals surface area contributed by atoms with E-state index in [1.54, 1.807) is 41.2 Å². The minimum Gasteiger partial charge on any atom is -0.356 e. The molecule has 0 bridgehead atoms. The third-order valence-corrected chi connectivity index (χ3v) is 7.27. The lowest BCUT2D eigenvalue weighted by Gasteiger charge is -2.24. The van der Waals surface area contributed by atoms with Crippen LogP contribution >= 0.6 is 0 Å². The molecule has 6 rings (SSSR count). The molecule has 2 aliphatic heterocycles. The Hall–Kier alpha value is -3.44. The lowest BCUT2D eigenvalue weighted by Crippen LogP contribution is -2.29. The van der Waals surface area contributed by atoms with Crippen LogP contribution in [-0.4, -0.2) is 58.3 Å². The highest BCUT2D eigenvalue weighted by molar-refractivity contribution is 6.09. The Morgan fingerprint density at radius 3 is 2.74 bits per heavy atom. The smallest absolute Gasteiger partial charge is 0.356 e. The summed E-state index contributed by atoms with van der Waals surface area (Å²) >= 11 is 0. The summed E-state index contributed by atoms with van der Waals surface area (Å²) in [6.07, 6.45) is 0.196. The van der Waals surface area contributed by atoms with Gasteiger partial charge < -0.3 is 15.0 Å². The molecule has 3 aromatic heterocycles. The SMILES string of the molecule is O=c1c2c(-c3cccnc3N3CCCNCC3)nn(C3CCCCO3)c2c2ccccc2n1CC(F)(F)F. The Bertz CT molecular complexity index is 1520. The number of anilines is 1. The van der Waals surface area contributed by atoms with Crippen LogP contribution in [0.15, 0.2) is 47.4 Å². The summed E-state index contributed by atoms with van der Waals surface area (Å²) in [5.74, 6) is 0.669. The molecule has 0 saturated carbocycles. The van der Waals surface area contributed by atoms with E-state index in [0.717, 1.165) is 50.0 Å². The van der Waals surface area contributed by atoms with E-state index >= 15 is 0 Å². The first-order valence-corrected chi connectivity index (χ1v) is 13.1. The Balaban J connectivity index is 1.67. The zero-order chi connectivity index (χ0) is 26.3. The van der Waals surface area contributed by atoms with Crippen LogP contribution in [0.1, 0.15) is 31.9 Å². The first kappa shape index (κ1) is 24.9. The molecule has 1 unspecified atom stereocenters. The first-order valence-electron chi connectivity index (χ1n) is 13.1. The van der Waals surface area contributed by atoms with Crippen LogP contribution in [0.4, 0.5) is 19.0 Å². The summed E-state index contributed by atoms with van der Waals surface area (Å²) in [5.41, 5.74) is 0.954. The van der Waals surface area contributed by atoms with Crippen molar-refractivity contribution in [3.63, 3.8) is 0 Å². The number of nitrogens with one attached hydrogen (secondary N) is 1. The zero-order valence-corrected chi connectivity index (χ0v) is 20.9. The van der Waals surface area contributed by atoms with Gasteiger partial charge in [0.15, 0.2) is 6.23 Å². The number of rotatable bonds is 4. The van der Waals surface area contributed by atoms with Crippen LogP contribution in [0.2, 0.25) is 0 Å². The van der Waals surface area contributed by atoms with Gasteiger partial charge in [0.05, 0.1) is 16.4 Å². The number of alkyl halides is 3. The van der Waals surface area contributed by atoms with Gasteiger partial charge in [0, 0.05) is 43.4 Å². The molecule has 2 saturated heterocycles. The number of hydrogen-bond donors (Lipinski definition) is 1. The highest BCUT2D eigenvalue weighted by Gasteiger charge is 2.33. The van der Waals surface area contributed by atoms with Crippen molar-refractivity contribution in [2.45, 2.75) is 44.6 Å². The van der Waals surface area contributed by atoms with Crippen LogP contribution in [-0.2, 0) is 11.3 Å². The highest BCUT2D eigenvalue weighted by Crippen LogP contribution is 2.38. The van der Waals surface area contributed by atoms with Gasteiger partial charge in [0.1, 0.15) is 18.1 Å². The van der Waals surface area contributed by atoms with E-state index in [2.05, 4.69) is 15.2 Å². The van der Waals surface area contributed by atoms with Crippen LogP contribution in [0.5, 0.6) is 0 Å².